The number of hydrogen-bond acceptors (Lipinski definition) is 3. The molecule has 1 unspecified atom stereocenters. The maximum Gasteiger partial charge on any atom is 0.123 e. The van der Waals surface area contributed by atoms with Gasteiger partial charge in [-0.15, -0.1) is 0 Å². The van der Waals surface area contributed by atoms with Gasteiger partial charge in [-0.25, -0.2) is 0 Å². The minimum atomic E-state index is -0.194. The highest BCUT2D eigenvalue weighted by molar-refractivity contribution is 9.10. The largest absolute Gasteiger partial charge is 0.508 e. The zero-order chi connectivity index (χ0) is 13.0. The maximum absolute atomic E-state index is 9.31. The Hall–Kier alpha value is -1.52. The fraction of sp³-hybridized carbons (Fsp3) is 0.143. The molecule has 0 spiro atoms. The van der Waals surface area contributed by atoms with Gasteiger partial charge in [-0.2, -0.15) is 0 Å². The second-order valence-electron chi connectivity index (χ2n) is 3.97. The van der Waals surface area contributed by atoms with Crippen LogP contribution in [0.15, 0.2) is 53.0 Å². The summed E-state index contributed by atoms with van der Waals surface area (Å²) in [4.78, 5) is 0. The fourth-order valence-electron chi connectivity index (χ4n) is 1.57. The summed E-state index contributed by atoms with van der Waals surface area (Å²) in [5, 5.41) is 9.31. The predicted molar refractivity (Wildman–Crippen MR) is 74.7 cm³/mol. The van der Waals surface area contributed by atoms with Gasteiger partial charge in [-0.05, 0) is 29.8 Å². The van der Waals surface area contributed by atoms with Gasteiger partial charge in [-0.1, -0.05) is 34.1 Å². The van der Waals surface area contributed by atoms with Crippen LogP contribution < -0.4 is 10.5 Å². The molecule has 2 aromatic rings. The molecule has 0 aliphatic heterocycles. The molecule has 0 bridgehead atoms. The van der Waals surface area contributed by atoms with Crippen molar-refractivity contribution in [3.05, 3.63) is 58.6 Å². The number of halogens is 1. The summed E-state index contributed by atoms with van der Waals surface area (Å²) in [6.45, 7) is 0.366. The third kappa shape index (κ3) is 3.48. The number of nitrogens with two attached hydrogens (primary N) is 1. The minimum Gasteiger partial charge on any atom is -0.508 e. The summed E-state index contributed by atoms with van der Waals surface area (Å²) in [5.41, 5.74) is 7.04. The highest BCUT2D eigenvalue weighted by Crippen LogP contribution is 2.20. The molecular formula is C14H14BrNO2. The zero-order valence-corrected chi connectivity index (χ0v) is 11.3. The average molecular weight is 308 g/mol. The predicted octanol–water partition coefficient (Wildman–Crippen LogP) is 3.23. The molecule has 0 saturated heterocycles. The van der Waals surface area contributed by atoms with E-state index in [-0.39, 0.29) is 11.8 Å². The van der Waals surface area contributed by atoms with E-state index in [4.69, 9.17) is 10.5 Å². The lowest BCUT2D eigenvalue weighted by atomic mass is 10.1. The summed E-state index contributed by atoms with van der Waals surface area (Å²) in [6.07, 6.45) is 0. The molecular weight excluding hydrogens is 294 g/mol. The van der Waals surface area contributed by atoms with Crippen LogP contribution in [0, 0.1) is 0 Å². The van der Waals surface area contributed by atoms with Crippen molar-refractivity contribution in [2.24, 2.45) is 5.73 Å². The number of phenolic OH excluding ortho intramolecular Hbond substituents is 1. The molecule has 0 aromatic heterocycles. The summed E-state index contributed by atoms with van der Waals surface area (Å²) in [7, 11) is 0. The molecule has 0 amide bonds. The van der Waals surface area contributed by atoms with Crippen molar-refractivity contribution in [2.75, 3.05) is 6.61 Å². The van der Waals surface area contributed by atoms with Crippen molar-refractivity contribution < 1.29 is 9.84 Å². The summed E-state index contributed by atoms with van der Waals surface area (Å²) in [6, 6.07) is 14.3. The Morgan fingerprint density at radius 3 is 2.56 bits per heavy atom. The first-order chi connectivity index (χ1) is 8.65. The lowest BCUT2D eigenvalue weighted by molar-refractivity contribution is 0.289. The second kappa shape index (κ2) is 5.89. The van der Waals surface area contributed by atoms with Crippen LogP contribution in [-0.2, 0) is 0 Å². The first-order valence-corrected chi connectivity index (χ1v) is 6.37. The van der Waals surface area contributed by atoms with E-state index in [0.29, 0.717) is 12.4 Å². The lowest BCUT2D eigenvalue weighted by Crippen LogP contribution is -2.18. The summed E-state index contributed by atoms with van der Waals surface area (Å²) >= 11 is 3.38. The standard InChI is InChI=1S/C14H14BrNO2/c15-11-6-4-10(5-7-11)14(16)9-18-13-3-1-2-12(17)8-13/h1-8,14,17H,9,16H2. The van der Waals surface area contributed by atoms with E-state index in [0.717, 1.165) is 10.0 Å². The van der Waals surface area contributed by atoms with E-state index in [2.05, 4.69) is 15.9 Å². The van der Waals surface area contributed by atoms with Crippen molar-refractivity contribution in [3.63, 3.8) is 0 Å². The Bertz CT molecular complexity index is 513. The minimum absolute atomic E-state index is 0.185. The number of phenols is 1. The van der Waals surface area contributed by atoms with Crippen LogP contribution in [0.4, 0.5) is 0 Å². The monoisotopic (exact) mass is 307 g/mol. The van der Waals surface area contributed by atoms with Crippen LogP contribution in [0.25, 0.3) is 0 Å². The first-order valence-electron chi connectivity index (χ1n) is 5.58. The molecule has 0 aliphatic rings. The van der Waals surface area contributed by atoms with Crippen molar-refractivity contribution in [1.82, 2.24) is 0 Å². The van der Waals surface area contributed by atoms with Gasteiger partial charge in [0.15, 0.2) is 0 Å². The van der Waals surface area contributed by atoms with E-state index in [1.807, 2.05) is 24.3 Å². The molecule has 0 aliphatic carbocycles. The third-order valence-corrected chi connectivity index (χ3v) is 3.07. The molecule has 2 aromatic carbocycles. The van der Waals surface area contributed by atoms with Gasteiger partial charge >= 0.3 is 0 Å². The quantitative estimate of drug-likeness (QED) is 0.912. The molecule has 18 heavy (non-hydrogen) atoms. The Morgan fingerprint density at radius 1 is 1.17 bits per heavy atom. The SMILES string of the molecule is NC(COc1cccc(O)c1)c1ccc(Br)cc1. The summed E-state index contributed by atoms with van der Waals surface area (Å²) in [5.74, 6) is 0.798. The third-order valence-electron chi connectivity index (χ3n) is 2.55. The van der Waals surface area contributed by atoms with E-state index in [1.165, 1.54) is 0 Å². The van der Waals surface area contributed by atoms with Gasteiger partial charge in [0.2, 0.25) is 0 Å². The average Bonchev–Trinajstić information content (AvgIpc) is 2.37. The molecule has 2 rings (SSSR count). The van der Waals surface area contributed by atoms with Crippen LogP contribution in [0.5, 0.6) is 11.5 Å². The number of hydrogen-bond donors (Lipinski definition) is 2. The number of ether oxygens (including phenoxy) is 1. The van der Waals surface area contributed by atoms with E-state index < -0.39 is 0 Å². The van der Waals surface area contributed by atoms with Gasteiger partial charge < -0.3 is 15.6 Å². The van der Waals surface area contributed by atoms with Crippen LogP contribution in [-0.4, -0.2) is 11.7 Å². The molecule has 4 heteroatoms. The van der Waals surface area contributed by atoms with E-state index >= 15 is 0 Å². The van der Waals surface area contributed by atoms with E-state index in [1.54, 1.807) is 24.3 Å². The first kappa shape index (κ1) is 12.9. The number of rotatable bonds is 4. The van der Waals surface area contributed by atoms with Crippen LogP contribution in [0.2, 0.25) is 0 Å². The van der Waals surface area contributed by atoms with Crippen LogP contribution in [0.1, 0.15) is 11.6 Å². The van der Waals surface area contributed by atoms with Gasteiger partial charge in [0.1, 0.15) is 18.1 Å². The maximum atomic E-state index is 9.31. The Labute approximate surface area is 114 Å². The van der Waals surface area contributed by atoms with E-state index in [9.17, 15) is 5.11 Å². The normalized spacial score (nSPS) is 12.1. The lowest BCUT2D eigenvalue weighted by Gasteiger charge is -2.13. The highest BCUT2D eigenvalue weighted by Gasteiger charge is 2.07. The molecule has 0 fully saturated rings. The molecule has 94 valence electrons. The molecule has 0 heterocycles. The Balaban J connectivity index is 1.96. The van der Waals surface area contributed by atoms with Gasteiger partial charge in [-0.3, -0.25) is 0 Å². The second-order valence-corrected chi connectivity index (χ2v) is 4.88. The van der Waals surface area contributed by atoms with Gasteiger partial charge in [0, 0.05) is 10.5 Å². The molecule has 0 saturated carbocycles. The van der Waals surface area contributed by atoms with Crippen LogP contribution >= 0.6 is 15.9 Å². The van der Waals surface area contributed by atoms with Gasteiger partial charge in [0.05, 0.1) is 6.04 Å². The van der Waals surface area contributed by atoms with Crippen molar-refractivity contribution in [1.29, 1.82) is 0 Å². The molecule has 1 atom stereocenters. The summed E-state index contributed by atoms with van der Waals surface area (Å²) < 4.78 is 6.56. The molecule has 3 N–H and O–H groups in total. The molecule has 0 radical (unpaired) electrons. The smallest absolute Gasteiger partial charge is 0.123 e. The topological polar surface area (TPSA) is 55.5 Å². The Morgan fingerprint density at radius 2 is 1.89 bits per heavy atom. The fourth-order valence-corrected chi connectivity index (χ4v) is 1.83. The zero-order valence-electron chi connectivity index (χ0n) is 9.71. The van der Waals surface area contributed by atoms with Crippen molar-refractivity contribution >= 4 is 15.9 Å². The van der Waals surface area contributed by atoms with Crippen molar-refractivity contribution in [2.45, 2.75) is 6.04 Å². The van der Waals surface area contributed by atoms with Crippen LogP contribution in [0.3, 0.4) is 0 Å². The number of aromatic hydroxyl groups is 1. The number of benzene rings is 2. The Kier molecular flexibility index (Phi) is 4.23. The van der Waals surface area contributed by atoms with Gasteiger partial charge in [0.25, 0.3) is 0 Å². The molecule has 3 nitrogen and oxygen atoms in total. The highest BCUT2D eigenvalue weighted by atomic mass is 79.9. The van der Waals surface area contributed by atoms with Crippen molar-refractivity contribution in [3.8, 4) is 11.5 Å².